The standard InChI is InChI=1S/C39H43ClN2O9/c1-47-34-16-24(15-27(21-43)31(34)23-45)7-8-25-17-35(48-2)37(36(18-25)49-3)51-14-6-4-5-13-50-33-12-9-26(19-28(33)22-44)38-41-32-11-10-29(40)20-30(32)39(46)42-38/h7-12,15-20,38,41,43-45H,4-6,13-14,21-23H2,1-3H3,(H,42,46). The average molecular weight is 719 g/mol. The summed E-state index contributed by atoms with van der Waals surface area (Å²) < 4.78 is 28.8. The number of unbranched alkanes of at least 4 members (excludes halogenated alkanes) is 2. The highest BCUT2D eigenvalue weighted by molar-refractivity contribution is 6.31. The van der Waals surface area contributed by atoms with Crippen molar-refractivity contribution >= 4 is 35.3 Å². The molecule has 0 radical (unpaired) electrons. The Labute approximate surface area is 302 Å². The monoisotopic (exact) mass is 718 g/mol. The number of amides is 1. The van der Waals surface area contributed by atoms with Crippen LogP contribution in [0.4, 0.5) is 5.69 Å². The number of aliphatic hydroxyl groups is 3. The highest BCUT2D eigenvalue weighted by Crippen LogP contribution is 2.39. The molecule has 51 heavy (non-hydrogen) atoms. The van der Waals surface area contributed by atoms with Crippen LogP contribution >= 0.6 is 11.6 Å². The van der Waals surface area contributed by atoms with E-state index >= 15 is 0 Å². The Morgan fingerprint density at radius 1 is 0.686 bits per heavy atom. The lowest BCUT2D eigenvalue weighted by molar-refractivity contribution is 0.0935. The fourth-order valence-electron chi connectivity index (χ4n) is 5.83. The number of halogens is 1. The first-order valence-corrected chi connectivity index (χ1v) is 16.9. The number of methoxy groups -OCH3 is 3. The molecule has 0 aliphatic carbocycles. The number of rotatable bonds is 17. The van der Waals surface area contributed by atoms with E-state index in [1.807, 2.05) is 42.5 Å². The molecule has 5 rings (SSSR count). The summed E-state index contributed by atoms with van der Waals surface area (Å²) in [5.74, 6) is 2.42. The minimum absolute atomic E-state index is 0.209. The van der Waals surface area contributed by atoms with Gasteiger partial charge in [0.25, 0.3) is 5.91 Å². The van der Waals surface area contributed by atoms with Gasteiger partial charge in [0.05, 0.1) is 59.9 Å². The normalized spacial score (nSPS) is 13.7. The molecule has 1 amide bonds. The zero-order chi connectivity index (χ0) is 36.3. The largest absolute Gasteiger partial charge is 0.496 e. The Kier molecular flexibility index (Phi) is 13.0. The molecule has 1 unspecified atom stereocenters. The molecule has 0 saturated carbocycles. The van der Waals surface area contributed by atoms with Crippen LogP contribution in [0.3, 0.4) is 0 Å². The summed E-state index contributed by atoms with van der Waals surface area (Å²) in [5.41, 5.74) is 5.34. The number of ether oxygens (including phenoxy) is 5. The molecule has 270 valence electrons. The van der Waals surface area contributed by atoms with E-state index in [-0.39, 0.29) is 25.7 Å². The number of fused-ring (bicyclic) bond motifs is 1. The molecule has 0 fully saturated rings. The second-order valence-corrected chi connectivity index (χ2v) is 12.2. The van der Waals surface area contributed by atoms with Crippen LogP contribution < -0.4 is 34.3 Å². The van der Waals surface area contributed by atoms with Gasteiger partial charge in [-0.25, -0.2) is 0 Å². The van der Waals surface area contributed by atoms with Gasteiger partial charge in [-0.15, -0.1) is 0 Å². The van der Waals surface area contributed by atoms with Gasteiger partial charge in [-0.2, -0.15) is 0 Å². The number of benzene rings is 4. The van der Waals surface area contributed by atoms with Gasteiger partial charge >= 0.3 is 0 Å². The minimum atomic E-state index is -0.461. The maximum atomic E-state index is 12.6. The molecule has 0 saturated heterocycles. The maximum Gasteiger partial charge on any atom is 0.255 e. The fourth-order valence-corrected chi connectivity index (χ4v) is 6.01. The highest BCUT2D eigenvalue weighted by Gasteiger charge is 2.25. The van der Waals surface area contributed by atoms with Gasteiger partial charge in [-0.3, -0.25) is 4.79 Å². The lowest BCUT2D eigenvalue weighted by Crippen LogP contribution is -2.38. The van der Waals surface area contributed by atoms with Crippen molar-refractivity contribution in [2.45, 2.75) is 45.2 Å². The van der Waals surface area contributed by atoms with Gasteiger partial charge in [-0.05, 0) is 96.1 Å². The third-order valence-electron chi connectivity index (χ3n) is 8.51. The fraction of sp³-hybridized carbons (Fsp3) is 0.308. The third-order valence-corrected chi connectivity index (χ3v) is 8.74. The molecule has 11 nitrogen and oxygen atoms in total. The molecule has 0 aromatic heterocycles. The maximum absolute atomic E-state index is 12.6. The molecule has 4 aromatic rings. The second-order valence-electron chi connectivity index (χ2n) is 11.8. The van der Waals surface area contributed by atoms with E-state index < -0.39 is 6.17 Å². The van der Waals surface area contributed by atoms with Crippen LogP contribution in [0, 0.1) is 0 Å². The van der Waals surface area contributed by atoms with E-state index in [2.05, 4.69) is 10.6 Å². The van der Waals surface area contributed by atoms with E-state index in [0.717, 1.165) is 36.0 Å². The molecule has 0 spiro atoms. The van der Waals surface area contributed by atoms with Crippen LogP contribution in [0.25, 0.3) is 12.2 Å². The zero-order valence-electron chi connectivity index (χ0n) is 28.8. The predicted molar refractivity (Wildman–Crippen MR) is 196 cm³/mol. The quantitative estimate of drug-likeness (QED) is 0.0606. The first-order valence-electron chi connectivity index (χ1n) is 16.5. The van der Waals surface area contributed by atoms with Crippen molar-refractivity contribution in [1.29, 1.82) is 0 Å². The number of carbonyl (C=O) groups excluding carboxylic acids is 1. The van der Waals surface area contributed by atoms with Crippen molar-refractivity contribution in [1.82, 2.24) is 5.32 Å². The smallest absolute Gasteiger partial charge is 0.255 e. The van der Waals surface area contributed by atoms with Crippen molar-refractivity contribution in [3.63, 3.8) is 0 Å². The summed E-state index contributed by atoms with van der Waals surface area (Å²) in [5, 5.41) is 36.2. The topological polar surface area (TPSA) is 148 Å². The number of nitrogens with one attached hydrogen (secondary N) is 2. The lowest BCUT2D eigenvalue weighted by atomic mass is 10.0. The van der Waals surface area contributed by atoms with Crippen LogP contribution in [0.1, 0.15) is 69.2 Å². The number of hydrogen-bond acceptors (Lipinski definition) is 10. The lowest BCUT2D eigenvalue weighted by Gasteiger charge is -2.28. The molecule has 5 N–H and O–H groups in total. The molecule has 0 bridgehead atoms. The van der Waals surface area contributed by atoms with Crippen LogP contribution in [0.5, 0.6) is 28.7 Å². The highest BCUT2D eigenvalue weighted by atomic mass is 35.5. The summed E-state index contributed by atoms with van der Waals surface area (Å²) in [6.45, 7) is 0.236. The molecule has 12 heteroatoms. The summed E-state index contributed by atoms with van der Waals surface area (Å²) in [6.07, 6.45) is 5.68. The minimum Gasteiger partial charge on any atom is -0.496 e. The van der Waals surface area contributed by atoms with Crippen molar-refractivity contribution in [3.8, 4) is 28.7 Å². The summed E-state index contributed by atoms with van der Waals surface area (Å²) in [4.78, 5) is 12.6. The van der Waals surface area contributed by atoms with Crippen molar-refractivity contribution < 1.29 is 43.8 Å². The van der Waals surface area contributed by atoms with E-state index in [9.17, 15) is 20.1 Å². The Morgan fingerprint density at radius 3 is 1.98 bits per heavy atom. The number of anilines is 1. The van der Waals surface area contributed by atoms with E-state index in [1.54, 1.807) is 44.6 Å². The Balaban J connectivity index is 1.12. The van der Waals surface area contributed by atoms with Gasteiger partial charge in [0.15, 0.2) is 11.5 Å². The number of hydrogen-bond donors (Lipinski definition) is 5. The Bertz CT molecular complexity index is 1810. The van der Waals surface area contributed by atoms with Crippen molar-refractivity contribution in [2.24, 2.45) is 0 Å². The SMILES string of the molecule is COc1cc(C=Cc2cc(OC)c(OCCCCCOc3ccc(C4NC(=O)c5cc(Cl)ccc5N4)cc3CO)c(OC)c2)cc(CO)c1CO. The van der Waals surface area contributed by atoms with E-state index in [0.29, 0.717) is 74.9 Å². The molecule has 1 heterocycles. The second kappa shape index (κ2) is 17.8. The number of aliphatic hydroxyl groups excluding tert-OH is 3. The predicted octanol–water partition coefficient (Wildman–Crippen LogP) is 6.50. The van der Waals surface area contributed by atoms with Crippen molar-refractivity contribution in [2.75, 3.05) is 39.9 Å². The third kappa shape index (κ3) is 9.05. The molecule has 1 aliphatic rings. The summed E-state index contributed by atoms with van der Waals surface area (Å²) in [6, 6.07) is 17.9. The Morgan fingerprint density at radius 2 is 1.33 bits per heavy atom. The molecular weight excluding hydrogens is 676 g/mol. The first kappa shape index (κ1) is 37.3. The van der Waals surface area contributed by atoms with E-state index in [4.69, 9.17) is 35.3 Å². The van der Waals surface area contributed by atoms with Gasteiger partial charge < -0.3 is 49.6 Å². The van der Waals surface area contributed by atoms with E-state index in [1.165, 1.54) is 7.11 Å². The van der Waals surface area contributed by atoms with Crippen molar-refractivity contribution in [3.05, 3.63) is 105 Å². The van der Waals surface area contributed by atoms with Crippen LogP contribution in [0.2, 0.25) is 5.02 Å². The molecule has 1 aliphatic heterocycles. The van der Waals surface area contributed by atoms with Crippen LogP contribution in [-0.2, 0) is 19.8 Å². The average Bonchev–Trinajstić information content (AvgIpc) is 3.16. The van der Waals surface area contributed by atoms with Crippen LogP contribution in [-0.4, -0.2) is 55.8 Å². The van der Waals surface area contributed by atoms with Gasteiger partial charge in [0.2, 0.25) is 5.75 Å². The van der Waals surface area contributed by atoms with Gasteiger partial charge in [0.1, 0.15) is 17.7 Å². The van der Waals surface area contributed by atoms with Gasteiger partial charge in [0, 0.05) is 21.8 Å². The Hall–Kier alpha value is -4.94. The summed E-state index contributed by atoms with van der Waals surface area (Å²) >= 11 is 6.05. The summed E-state index contributed by atoms with van der Waals surface area (Å²) in [7, 11) is 4.67. The molecule has 1 atom stereocenters. The molecular formula is C39H43ClN2O9. The number of carbonyl (C=O) groups is 1. The van der Waals surface area contributed by atoms with Crippen LogP contribution in [0.15, 0.2) is 60.7 Å². The molecule has 4 aromatic carbocycles. The van der Waals surface area contributed by atoms with Gasteiger partial charge in [-0.1, -0.05) is 29.8 Å². The first-order chi connectivity index (χ1) is 24.8. The zero-order valence-corrected chi connectivity index (χ0v) is 29.6.